The van der Waals surface area contributed by atoms with Gasteiger partial charge in [0.2, 0.25) is 17.7 Å². The first kappa shape index (κ1) is 29.2. The number of primary amides is 1. The zero-order valence-corrected chi connectivity index (χ0v) is 20.9. The van der Waals surface area contributed by atoms with Crippen LogP contribution >= 0.6 is 0 Å². The predicted molar refractivity (Wildman–Crippen MR) is 127 cm³/mol. The normalized spacial score (nSPS) is 12.8. The summed E-state index contributed by atoms with van der Waals surface area (Å²) in [7, 11) is 0. The number of hydrogen-bond acceptors (Lipinski definition) is 6. The highest BCUT2D eigenvalue weighted by atomic mass is 19.4. The van der Waals surface area contributed by atoms with E-state index in [9.17, 15) is 40.3 Å². The number of rotatable bonds is 8. The average Bonchev–Trinajstić information content (AvgIpc) is 3.56. The summed E-state index contributed by atoms with van der Waals surface area (Å²) < 4.78 is 100. The molecule has 9 nitrogen and oxygen atoms in total. The van der Waals surface area contributed by atoms with Crippen molar-refractivity contribution in [3.63, 3.8) is 0 Å². The van der Waals surface area contributed by atoms with Crippen LogP contribution in [0, 0.1) is 5.82 Å². The third-order valence-electron chi connectivity index (χ3n) is 5.94. The summed E-state index contributed by atoms with van der Waals surface area (Å²) in [6.45, 7) is 1.02. The zero-order valence-electron chi connectivity index (χ0n) is 20.9. The quantitative estimate of drug-likeness (QED) is 0.293. The molecule has 2 aromatic heterocycles. The van der Waals surface area contributed by atoms with Crippen molar-refractivity contribution in [2.45, 2.75) is 38.3 Å². The summed E-state index contributed by atoms with van der Waals surface area (Å²) >= 11 is 0. The van der Waals surface area contributed by atoms with Gasteiger partial charge in [-0.15, -0.1) is 10.2 Å². The Kier molecular flexibility index (Phi) is 7.85. The second-order valence-electron chi connectivity index (χ2n) is 8.79. The van der Waals surface area contributed by atoms with E-state index in [1.165, 1.54) is 36.1 Å². The minimum atomic E-state index is -5.19. The molecule has 16 heteroatoms. The van der Waals surface area contributed by atoms with Gasteiger partial charge in [-0.3, -0.25) is 14.3 Å². The summed E-state index contributed by atoms with van der Waals surface area (Å²) in [5.41, 5.74) is 1.74. The molecular formula is C25H19F7N6O3. The van der Waals surface area contributed by atoms with Crippen LogP contribution in [0.4, 0.5) is 36.4 Å². The van der Waals surface area contributed by atoms with Crippen molar-refractivity contribution in [2.75, 3.05) is 4.90 Å². The van der Waals surface area contributed by atoms with E-state index in [2.05, 4.69) is 15.3 Å². The number of benzene rings is 2. The van der Waals surface area contributed by atoms with Gasteiger partial charge in [-0.1, -0.05) is 6.07 Å². The molecule has 2 N–H and O–H groups in total. The van der Waals surface area contributed by atoms with Crippen molar-refractivity contribution in [3.8, 4) is 11.5 Å². The van der Waals surface area contributed by atoms with E-state index in [4.69, 9.17) is 10.2 Å². The molecule has 0 saturated carbocycles. The zero-order chi connectivity index (χ0) is 30.1. The van der Waals surface area contributed by atoms with Crippen molar-refractivity contribution in [1.82, 2.24) is 20.0 Å². The standard InChI is InChI=1S/C25H19F7N6O3/c1-13(22(33)40)38-11-15(10-34-38)23-36-35-20(41-23)12-37(18-6-4-17(26)5-7-18)21(39)8-14-2-3-16(24(27,28)29)9-19(14)25(30,31)32/h2-7,9-11,13H,8,12H2,1H3,(H2,33,40). The fraction of sp³-hybridized carbons (Fsp3) is 0.240. The Hall–Kier alpha value is -4.76. The SMILES string of the molecule is CC(C(N)=O)n1cc(-c2nnc(CN(C(=O)Cc3ccc(C(F)(F)F)cc3C(F)(F)F)c3ccc(F)cc3)o2)cn1. The summed E-state index contributed by atoms with van der Waals surface area (Å²) in [6.07, 6.45) is -8.47. The topological polar surface area (TPSA) is 120 Å². The lowest BCUT2D eigenvalue weighted by atomic mass is 10.00. The van der Waals surface area contributed by atoms with Crippen LogP contribution in [0.5, 0.6) is 0 Å². The van der Waals surface area contributed by atoms with Gasteiger partial charge >= 0.3 is 12.4 Å². The second kappa shape index (κ2) is 11.0. The highest BCUT2D eigenvalue weighted by Crippen LogP contribution is 2.38. The van der Waals surface area contributed by atoms with Crippen molar-refractivity contribution in [3.05, 3.63) is 83.3 Å². The molecule has 2 amide bonds. The lowest BCUT2D eigenvalue weighted by Crippen LogP contribution is -2.32. The highest BCUT2D eigenvalue weighted by Gasteiger charge is 2.38. The molecule has 0 fully saturated rings. The van der Waals surface area contributed by atoms with E-state index in [0.29, 0.717) is 12.1 Å². The number of carbonyl (C=O) groups is 2. The van der Waals surface area contributed by atoms with Crippen molar-refractivity contribution in [1.29, 1.82) is 0 Å². The first-order valence-electron chi connectivity index (χ1n) is 11.6. The third kappa shape index (κ3) is 6.70. The Morgan fingerprint density at radius 2 is 1.71 bits per heavy atom. The maximum Gasteiger partial charge on any atom is 0.416 e. The first-order valence-corrected chi connectivity index (χ1v) is 11.6. The molecule has 1 unspecified atom stereocenters. The molecule has 0 spiro atoms. The van der Waals surface area contributed by atoms with Crippen LogP contribution < -0.4 is 10.6 Å². The number of halogens is 7. The summed E-state index contributed by atoms with van der Waals surface area (Å²) in [4.78, 5) is 25.6. The van der Waals surface area contributed by atoms with Crippen LogP contribution in [0.1, 0.15) is 35.5 Å². The summed E-state index contributed by atoms with van der Waals surface area (Å²) in [5.74, 6) is -2.55. The van der Waals surface area contributed by atoms with Gasteiger partial charge in [0.25, 0.3) is 5.89 Å². The summed E-state index contributed by atoms with van der Waals surface area (Å²) in [5, 5.41) is 11.7. The van der Waals surface area contributed by atoms with Gasteiger partial charge in [-0.05, 0) is 48.9 Å². The molecule has 216 valence electrons. The highest BCUT2D eigenvalue weighted by molar-refractivity contribution is 5.94. The maximum absolute atomic E-state index is 13.6. The molecule has 0 aliphatic rings. The maximum atomic E-state index is 13.6. The van der Waals surface area contributed by atoms with Gasteiger partial charge in [0.05, 0.1) is 29.3 Å². The number of carbonyl (C=O) groups excluding carboxylic acids is 2. The van der Waals surface area contributed by atoms with Gasteiger partial charge in [0, 0.05) is 11.9 Å². The van der Waals surface area contributed by atoms with Gasteiger partial charge < -0.3 is 15.1 Å². The third-order valence-corrected chi connectivity index (χ3v) is 5.94. The van der Waals surface area contributed by atoms with E-state index < -0.39 is 65.7 Å². The molecule has 41 heavy (non-hydrogen) atoms. The summed E-state index contributed by atoms with van der Waals surface area (Å²) in [6, 6.07) is 4.54. The first-order chi connectivity index (χ1) is 19.1. The minimum Gasteiger partial charge on any atom is -0.419 e. The molecule has 4 aromatic rings. The van der Waals surface area contributed by atoms with Gasteiger partial charge in [0.1, 0.15) is 18.4 Å². The molecule has 0 radical (unpaired) electrons. The minimum absolute atomic E-state index is 0.0414. The largest absolute Gasteiger partial charge is 0.419 e. The number of anilines is 1. The predicted octanol–water partition coefficient (Wildman–Crippen LogP) is 4.93. The van der Waals surface area contributed by atoms with Crippen LogP contribution in [0.2, 0.25) is 0 Å². The molecule has 2 heterocycles. The number of hydrogen-bond donors (Lipinski definition) is 1. The van der Waals surface area contributed by atoms with Crippen LogP contribution in [0.25, 0.3) is 11.5 Å². The van der Waals surface area contributed by atoms with Gasteiger partial charge in [0.15, 0.2) is 0 Å². The van der Waals surface area contributed by atoms with Gasteiger partial charge in [-0.25, -0.2) is 4.39 Å². The van der Waals surface area contributed by atoms with E-state index in [1.807, 2.05) is 0 Å². The molecule has 4 rings (SSSR count). The van der Waals surface area contributed by atoms with Crippen LogP contribution in [-0.4, -0.2) is 31.8 Å². The van der Waals surface area contributed by atoms with E-state index >= 15 is 0 Å². The number of alkyl halides is 6. The number of amides is 2. The fourth-order valence-electron chi connectivity index (χ4n) is 3.73. The Morgan fingerprint density at radius 1 is 1.02 bits per heavy atom. The Labute approximate surface area is 226 Å². The number of nitrogens with zero attached hydrogens (tertiary/aromatic N) is 5. The average molecular weight is 584 g/mol. The smallest absolute Gasteiger partial charge is 0.416 e. The van der Waals surface area contributed by atoms with Gasteiger partial charge in [-0.2, -0.15) is 31.4 Å². The molecule has 0 aliphatic heterocycles. The molecular weight excluding hydrogens is 565 g/mol. The lowest BCUT2D eigenvalue weighted by molar-refractivity contribution is -0.143. The van der Waals surface area contributed by atoms with Crippen molar-refractivity contribution < 1.29 is 44.7 Å². The van der Waals surface area contributed by atoms with Crippen LogP contribution in [-0.2, 0) is 34.9 Å². The lowest BCUT2D eigenvalue weighted by Gasteiger charge is -2.23. The van der Waals surface area contributed by atoms with Crippen LogP contribution in [0.3, 0.4) is 0 Å². The molecule has 0 aliphatic carbocycles. The number of aromatic nitrogens is 4. The van der Waals surface area contributed by atoms with Crippen molar-refractivity contribution in [2.24, 2.45) is 5.73 Å². The Morgan fingerprint density at radius 3 is 2.32 bits per heavy atom. The van der Waals surface area contributed by atoms with E-state index in [1.54, 1.807) is 0 Å². The molecule has 0 bridgehead atoms. The van der Waals surface area contributed by atoms with E-state index in [0.717, 1.165) is 17.0 Å². The second-order valence-corrected chi connectivity index (χ2v) is 8.79. The Balaban J connectivity index is 1.64. The van der Waals surface area contributed by atoms with E-state index in [-0.39, 0.29) is 29.1 Å². The molecule has 0 saturated heterocycles. The molecule has 1 atom stereocenters. The Bertz CT molecular complexity index is 1560. The molecule has 2 aromatic carbocycles. The number of nitrogens with two attached hydrogens (primary N) is 1. The van der Waals surface area contributed by atoms with Crippen molar-refractivity contribution >= 4 is 17.5 Å². The fourth-order valence-corrected chi connectivity index (χ4v) is 3.73. The monoisotopic (exact) mass is 584 g/mol. The van der Waals surface area contributed by atoms with Crippen LogP contribution in [0.15, 0.2) is 59.3 Å².